The fourth-order valence-corrected chi connectivity index (χ4v) is 2.14. The summed E-state index contributed by atoms with van der Waals surface area (Å²) in [4.78, 5) is 11.0. The van der Waals surface area contributed by atoms with Crippen LogP contribution in [0.5, 0.6) is 5.75 Å². The van der Waals surface area contributed by atoms with Gasteiger partial charge in [-0.3, -0.25) is 4.79 Å². The predicted molar refractivity (Wildman–Crippen MR) is 70.6 cm³/mol. The molecule has 0 radical (unpaired) electrons. The second-order valence-electron chi connectivity index (χ2n) is 4.72. The molecule has 1 aliphatic heterocycles. The van der Waals surface area contributed by atoms with Crippen molar-refractivity contribution in [3.8, 4) is 5.75 Å². The maximum absolute atomic E-state index is 11.0. The normalized spacial score (nSPS) is 20.4. The number of amides is 1. The average Bonchev–Trinajstić information content (AvgIpc) is 2.82. The zero-order valence-corrected chi connectivity index (χ0v) is 10.9. The topological polar surface area (TPSA) is 50.4 Å². The molecule has 98 valence electrons. The molecule has 1 heterocycles. The van der Waals surface area contributed by atoms with Crippen LogP contribution in [0.25, 0.3) is 0 Å². The van der Waals surface area contributed by atoms with E-state index in [-0.39, 0.29) is 18.1 Å². The van der Waals surface area contributed by atoms with Gasteiger partial charge in [-0.1, -0.05) is 12.1 Å². The van der Waals surface area contributed by atoms with Gasteiger partial charge in [0.2, 0.25) is 5.91 Å². The summed E-state index contributed by atoms with van der Waals surface area (Å²) in [5.74, 6) is 0.877. The van der Waals surface area contributed by atoms with Crippen molar-refractivity contribution < 1.29 is 9.53 Å². The molecule has 0 spiro atoms. The molecular weight excluding hydrogens is 228 g/mol. The Morgan fingerprint density at radius 2 is 2.17 bits per heavy atom. The first-order valence-electron chi connectivity index (χ1n) is 6.39. The number of ether oxygens (including phenoxy) is 1. The van der Waals surface area contributed by atoms with Crippen LogP contribution in [-0.2, 0) is 4.79 Å². The lowest BCUT2D eigenvalue weighted by molar-refractivity contribution is -0.119. The van der Waals surface area contributed by atoms with Crippen molar-refractivity contribution in [2.75, 3.05) is 13.1 Å². The smallest absolute Gasteiger partial charge is 0.217 e. The Bertz CT molecular complexity index is 397. The third-order valence-electron chi connectivity index (χ3n) is 3.12. The van der Waals surface area contributed by atoms with E-state index in [1.54, 1.807) is 0 Å². The fourth-order valence-electron chi connectivity index (χ4n) is 2.14. The van der Waals surface area contributed by atoms with Crippen molar-refractivity contribution >= 4 is 5.91 Å². The lowest BCUT2D eigenvalue weighted by Gasteiger charge is -2.15. The minimum absolute atomic E-state index is 0.0140. The van der Waals surface area contributed by atoms with E-state index >= 15 is 0 Å². The van der Waals surface area contributed by atoms with Gasteiger partial charge in [-0.25, -0.2) is 0 Å². The van der Waals surface area contributed by atoms with Gasteiger partial charge in [0.1, 0.15) is 11.9 Å². The molecule has 2 N–H and O–H groups in total. The largest absolute Gasteiger partial charge is 0.489 e. The predicted octanol–water partition coefficient (Wildman–Crippen LogP) is 1.62. The van der Waals surface area contributed by atoms with Gasteiger partial charge in [-0.05, 0) is 37.6 Å². The number of hydrogen-bond acceptors (Lipinski definition) is 3. The molecule has 1 aliphatic rings. The summed E-state index contributed by atoms with van der Waals surface area (Å²) in [6, 6.07) is 7.96. The molecule has 1 fully saturated rings. The van der Waals surface area contributed by atoms with Crippen molar-refractivity contribution in [3.05, 3.63) is 29.8 Å². The number of rotatable bonds is 4. The molecule has 1 amide bonds. The van der Waals surface area contributed by atoms with Crippen molar-refractivity contribution in [2.24, 2.45) is 0 Å². The summed E-state index contributed by atoms with van der Waals surface area (Å²) in [7, 11) is 0. The molecule has 2 atom stereocenters. The summed E-state index contributed by atoms with van der Waals surface area (Å²) in [6.07, 6.45) is 1.34. The van der Waals surface area contributed by atoms with Gasteiger partial charge in [-0.15, -0.1) is 0 Å². The van der Waals surface area contributed by atoms with E-state index in [1.165, 1.54) is 6.92 Å². The molecule has 2 rings (SSSR count). The van der Waals surface area contributed by atoms with Gasteiger partial charge in [0, 0.05) is 13.5 Å². The maximum Gasteiger partial charge on any atom is 0.217 e. The van der Waals surface area contributed by atoms with Crippen LogP contribution < -0.4 is 15.4 Å². The van der Waals surface area contributed by atoms with Gasteiger partial charge in [0.05, 0.1) is 6.04 Å². The van der Waals surface area contributed by atoms with E-state index in [0.29, 0.717) is 0 Å². The summed E-state index contributed by atoms with van der Waals surface area (Å²) in [5.41, 5.74) is 1.09. The number of hydrogen-bond donors (Lipinski definition) is 2. The molecule has 0 aromatic heterocycles. The summed E-state index contributed by atoms with van der Waals surface area (Å²) < 4.78 is 5.84. The van der Waals surface area contributed by atoms with E-state index < -0.39 is 0 Å². The first-order chi connectivity index (χ1) is 8.65. The van der Waals surface area contributed by atoms with Gasteiger partial charge < -0.3 is 15.4 Å². The summed E-state index contributed by atoms with van der Waals surface area (Å²) >= 11 is 0. The Balaban J connectivity index is 1.94. The first kappa shape index (κ1) is 12.9. The Labute approximate surface area is 108 Å². The highest BCUT2D eigenvalue weighted by Gasteiger charge is 2.15. The molecule has 0 bridgehead atoms. The SMILES string of the molecule is CC(=O)NC(C)c1ccc(O[C@@H]2CCNC2)cc1. The molecular formula is C14H20N2O2. The fraction of sp³-hybridized carbons (Fsp3) is 0.500. The molecule has 4 heteroatoms. The van der Waals surface area contributed by atoms with Crippen LogP contribution in [0.3, 0.4) is 0 Å². The lowest BCUT2D eigenvalue weighted by Crippen LogP contribution is -2.23. The molecule has 4 nitrogen and oxygen atoms in total. The molecule has 1 unspecified atom stereocenters. The van der Waals surface area contributed by atoms with Crippen molar-refractivity contribution in [1.82, 2.24) is 10.6 Å². The van der Waals surface area contributed by atoms with Crippen LogP contribution in [0.1, 0.15) is 31.9 Å². The maximum atomic E-state index is 11.0. The standard InChI is InChI=1S/C14H20N2O2/c1-10(16-11(2)17)12-3-5-13(6-4-12)18-14-7-8-15-9-14/h3-6,10,14-15H,7-9H2,1-2H3,(H,16,17)/t10?,14-/m1/s1. The van der Waals surface area contributed by atoms with Crippen LogP contribution in [0, 0.1) is 0 Å². The third-order valence-corrected chi connectivity index (χ3v) is 3.12. The van der Waals surface area contributed by atoms with E-state index in [2.05, 4.69) is 10.6 Å². The zero-order chi connectivity index (χ0) is 13.0. The Kier molecular flexibility index (Phi) is 4.20. The van der Waals surface area contributed by atoms with Crippen LogP contribution >= 0.6 is 0 Å². The Morgan fingerprint density at radius 1 is 1.44 bits per heavy atom. The van der Waals surface area contributed by atoms with E-state index in [9.17, 15) is 4.79 Å². The molecule has 1 aromatic rings. The van der Waals surface area contributed by atoms with Gasteiger partial charge in [0.25, 0.3) is 0 Å². The monoisotopic (exact) mass is 248 g/mol. The molecule has 1 aromatic carbocycles. The van der Waals surface area contributed by atoms with Gasteiger partial charge in [-0.2, -0.15) is 0 Å². The average molecular weight is 248 g/mol. The van der Waals surface area contributed by atoms with Crippen LogP contribution in [0.2, 0.25) is 0 Å². The highest BCUT2D eigenvalue weighted by atomic mass is 16.5. The van der Waals surface area contributed by atoms with Gasteiger partial charge in [0.15, 0.2) is 0 Å². The second kappa shape index (κ2) is 5.87. The lowest BCUT2D eigenvalue weighted by atomic mass is 10.1. The van der Waals surface area contributed by atoms with E-state index in [0.717, 1.165) is 30.8 Å². The number of carbonyl (C=O) groups is 1. The summed E-state index contributed by atoms with van der Waals surface area (Å²) in [5, 5.41) is 6.13. The first-order valence-corrected chi connectivity index (χ1v) is 6.39. The Morgan fingerprint density at radius 3 is 2.72 bits per heavy atom. The number of benzene rings is 1. The molecule has 0 saturated carbocycles. The highest BCUT2D eigenvalue weighted by Crippen LogP contribution is 2.19. The van der Waals surface area contributed by atoms with E-state index in [1.807, 2.05) is 31.2 Å². The van der Waals surface area contributed by atoms with Crippen LogP contribution in [0.15, 0.2) is 24.3 Å². The molecule has 1 saturated heterocycles. The highest BCUT2D eigenvalue weighted by molar-refractivity contribution is 5.73. The molecule has 0 aliphatic carbocycles. The van der Waals surface area contributed by atoms with Crippen molar-refractivity contribution in [3.63, 3.8) is 0 Å². The summed E-state index contributed by atoms with van der Waals surface area (Å²) in [6.45, 7) is 5.45. The number of nitrogens with one attached hydrogen (secondary N) is 2. The van der Waals surface area contributed by atoms with Gasteiger partial charge >= 0.3 is 0 Å². The van der Waals surface area contributed by atoms with E-state index in [4.69, 9.17) is 4.74 Å². The second-order valence-corrected chi connectivity index (χ2v) is 4.72. The van der Waals surface area contributed by atoms with Crippen molar-refractivity contribution in [1.29, 1.82) is 0 Å². The Hall–Kier alpha value is -1.55. The minimum Gasteiger partial charge on any atom is -0.489 e. The minimum atomic E-state index is -0.0140. The zero-order valence-electron chi connectivity index (χ0n) is 10.9. The third kappa shape index (κ3) is 3.47. The molecule has 18 heavy (non-hydrogen) atoms. The number of carbonyl (C=O) groups excluding carboxylic acids is 1. The van der Waals surface area contributed by atoms with Crippen molar-refractivity contribution in [2.45, 2.75) is 32.4 Å². The quantitative estimate of drug-likeness (QED) is 0.851. The van der Waals surface area contributed by atoms with Crippen LogP contribution in [-0.4, -0.2) is 25.1 Å². The van der Waals surface area contributed by atoms with Crippen LogP contribution in [0.4, 0.5) is 0 Å².